The Balaban J connectivity index is 2.10. The molecule has 0 atom stereocenters. The highest BCUT2D eigenvalue weighted by atomic mass is 35.5. The van der Waals surface area contributed by atoms with Crippen molar-refractivity contribution in [1.82, 2.24) is 4.98 Å². The number of aromatic nitrogens is 1. The summed E-state index contributed by atoms with van der Waals surface area (Å²) in [5.74, 6) is 0. The highest BCUT2D eigenvalue weighted by molar-refractivity contribution is 6.35. The number of rotatable bonds is 1. The molecule has 0 spiro atoms. The van der Waals surface area contributed by atoms with Crippen molar-refractivity contribution in [3.05, 3.63) is 35.0 Å². The Hall–Kier alpha value is -0.990. The summed E-state index contributed by atoms with van der Waals surface area (Å²) < 4.78 is 0. The summed E-state index contributed by atoms with van der Waals surface area (Å²) in [5, 5.41) is 1.88. The molecule has 3 heteroatoms. The lowest BCUT2D eigenvalue weighted by Gasteiger charge is -2.34. The van der Waals surface area contributed by atoms with Gasteiger partial charge in [-0.1, -0.05) is 30.9 Å². The summed E-state index contributed by atoms with van der Waals surface area (Å²) in [7, 11) is 0. The fourth-order valence-corrected chi connectivity index (χ4v) is 3.16. The minimum absolute atomic E-state index is 0.179. The van der Waals surface area contributed by atoms with Crippen molar-refractivity contribution in [3.63, 3.8) is 0 Å². The van der Waals surface area contributed by atoms with Crippen LogP contribution in [0.1, 0.15) is 37.7 Å². The zero-order chi connectivity index (χ0) is 11.9. The van der Waals surface area contributed by atoms with Crippen molar-refractivity contribution in [1.29, 1.82) is 0 Å². The summed E-state index contributed by atoms with van der Waals surface area (Å²) in [6, 6.07) is 6.21. The normalized spacial score (nSPS) is 19.6. The first-order valence-electron chi connectivity index (χ1n) is 6.25. The standard InChI is InChI=1S/C14H17ClN2/c15-12-8-10(9-13-11(12)4-7-17-13)14(16)5-2-1-3-6-14/h4,7-9,17H,1-3,5-6,16H2. The molecule has 0 amide bonds. The van der Waals surface area contributed by atoms with Crippen molar-refractivity contribution < 1.29 is 0 Å². The maximum Gasteiger partial charge on any atom is 0.0503 e. The average molecular weight is 249 g/mol. The van der Waals surface area contributed by atoms with Gasteiger partial charge in [0.1, 0.15) is 0 Å². The molecule has 0 saturated heterocycles. The van der Waals surface area contributed by atoms with E-state index in [4.69, 9.17) is 17.3 Å². The van der Waals surface area contributed by atoms with Crippen LogP contribution >= 0.6 is 11.6 Å². The predicted octanol–water partition coefficient (Wildman–Crippen LogP) is 3.94. The lowest BCUT2D eigenvalue weighted by Crippen LogP contribution is -2.38. The third-order valence-corrected chi connectivity index (χ3v) is 4.25. The van der Waals surface area contributed by atoms with Gasteiger partial charge in [-0.3, -0.25) is 0 Å². The van der Waals surface area contributed by atoms with Crippen LogP contribution in [0.2, 0.25) is 5.02 Å². The van der Waals surface area contributed by atoms with E-state index >= 15 is 0 Å². The molecule has 0 bridgehead atoms. The second kappa shape index (κ2) is 4.04. The Morgan fingerprint density at radius 2 is 1.94 bits per heavy atom. The van der Waals surface area contributed by atoms with Gasteiger partial charge in [-0.05, 0) is 36.6 Å². The summed E-state index contributed by atoms with van der Waals surface area (Å²) in [6.45, 7) is 0. The summed E-state index contributed by atoms with van der Waals surface area (Å²) in [5.41, 5.74) is 8.62. The molecule has 1 aromatic carbocycles. The molecule has 17 heavy (non-hydrogen) atoms. The average Bonchev–Trinajstić information content (AvgIpc) is 2.78. The molecule has 1 aliphatic rings. The Labute approximate surface area is 106 Å². The van der Waals surface area contributed by atoms with Crippen molar-refractivity contribution in [3.8, 4) is 0 Å². The van der Waals surface area contributed by atoms with E-state index in [2.05, 4.69) is 11.1 Å². The van der Waals surface area contributed by atoms with Crippen LogP contribution in [0.4, 0.5) is 0 Å². The summed E-state index contributed by atoms with van der Waals surface area (Å²) in [6.07, 6.45) is 7.79. The molecule has 1 aromatic heterocycles. The first-order valence-corrected chi connectivity index (χ1v) is 6.63. The van der Waals surface area contributed by atoms with Gasteiger partial charge in [0.25, 0.3) is 0 Å². The molecule has 2 nitrogen and oxygen atoms in total. The smallest absolute Gasteiger partial charge is 0.0503 e. The van der Waals surface area contributed by atoms with E-state index in [-0.39, 0.29) is 5.54 Å². The number of benzene rings is 1. The largest absolute Gasteiger partial charge is 0.361 e. The first-order chi connectivity index (χ1) is 8.19. The molecule has 0 aliphatic heterocycles. The van der Waals surface area contributed by atoms with Crippen molar-refractivity contribution >= 4 is 22.5 Å². The number of nitrogens with two attached hydrogens (primary N) is 1. The predicted molar refractivity (Wildman–Crippen MR) is 72.3 cm³/mol. The lowest BCUT2D eigenvalue weighted by atomic mass is 9.77. The van der Waals surface area contributed by atoms with Crippen LogP contribution in [0, 0.1) is 0 Å². The molecule has 1 fully saturated rings. The van der Waals surface area contributed by atoms with E-state index in [1.807, 2.05) is 18.3 Å². The molecule has 1 heterocycles. The monoisotopic (exact) mass is 248 g/mol. The topological polar surface area (TPSA) is 41.8 Å². The maximum absolute atomic E-state index is 6.54. The quantitative estimate of drug-likeness (QED) is 0.789. The van der Waals surface area contributed by atoms with Crippen molar-refractivity contribution in [2.45, 2.75) is 37.6 Å². The number of nitrogens with one attached hydrogen (secondary N) is 1. The Morgan fingerprint density at radius 3 is 2.71 bits per heavy atom. The van der Waals surface area contributed by atoms with E-state index in [1.165, 1.54) is 24.8 Å². The van der Waals surface area contributed by atoms with E-state index in [9.17, 15) is 0 Å². The molecule has 1 aliphatic carbocycles. The molecule has 90 valence electrons. The van der Waals surface area contributed by atoms with Gasteiger partial charge in [-0.2, -0.15) is 0 Å². The molecule has 0 radical (unpaired) electrons. The van der Waals surface area contributed by atoms with Gasteiger partial charge < -0.3 is 10.7 Å². The zero-order valence-electron chi connectivity index (χ0n) is 9.80. The fourth-order valence-electron chi connectivity index (χ4n) is 2.88. The highest BCUT2D eigenvalue weighted by Gasteiger charge is 2.30. The van der Waals surface area contributed by atoms with Gasteiger partial charge in [0, 0.05) is 22.6 Å². The number of halogens is 1. The zero-order valence-corrected chi connectivity index (χ0v) is 10.6. The maximum atomic E-state index is 6.54. The van der Waals surface area contributed by atoms with Gasteiger partial charge in [0.15, 0.2) is 0 Å². The van der Waals surface area contributed by atoms with Gasteiger partial charge in [0.05, 0.1) is 5.02 Å². The van der Waals surface area contributed by atoms with Crippen molar-refractivity contribution in [2.24, 2.45) is 5.73 Å². The minimum Gasteiger partial charge on any atom is -0.361 e. The third-order valence-electron chi connectivity index (χ3n) is 3.94. The molecule has 3 N–H and O–H groups in total. The number of fused-ring (bicyclic) bond motifs is 1. The second-order valence-electron chi connectivity index (χ2n) is 5.11. The van der Waals surface area contributed by atoms with E-state index < -0.39 is 0 Å². The molecule has 2 aromatic rings. The number of hydrogen-bond acceptors (Lipinski definition) is 1. The Bertz CT molecular complexity index is 538. The number of hydrogen-bond donors (Lipinski definition) is 2. The first kappa shape index (κ1) is 11.1. The van der Waals surface area contributed by atoms with Gasteiger partial charge in [-0.15, -0.1) is 0 Å². The molecule has 0 unspecified atom stereocenters. The van der Waals surface area contributed by atoms with Crippen molar-refractivity contribution in [2.75, 3.05) is 0 Å². The third kappa shape index (κ3) is 1.85. The van der Waals surface area contributed by atoms with Crippen LogP contribution in [0.3, 0.4) is 0 Å². The molecule has 3 rings (SSSR count). The van der Waals surface area contributed by atoms with Crippen LogP contribution in [0.15, 0.2) is 24.4 Å². The molecule has 1 saturated carbocycles. The van der Waals surface area contributed by atoms with Crippen LogP contribution in [-0.2, 0) is 5.54 Å². The van der Waals surface area contributed by atoms with Crippen LogP contribution in [-0.4, -0.2) is 4.98 Å². The van der Waals surface area contributed by atoms with Crippen LogP contribution < -0.4 is 5.73 Å². The fraction of sp³-hybridized carbons (Fsp3) is 0.429. The molecular weight excluding hydrogens is 232 g/mol. The van der Waals surface area contributed by atoms with Crippen LogP contribution in [0.5, 0.6) is 0 Å². The number of H-pyrrole nitrogens is 1. The van der Waals surface area contributed by atoms with Crippen LogP contribution in [0.25, 0.3) is 10.9 Å². The van der Waals surface area contributed by atoms with E-state index in [0.29, 0.717) is 0 Å². The molecular formula is C14H17ClN2. The van der Waals surface area contributed by atoms with Gasteiger partial charge in [-0.25, -0.2) is 0 Å². The second-order valence-corrected chi connectivity index (χ2v) is 5.52. The van der Waals surface area contributed by atoms with Gasteiger partial charge in [0.2, 0.25) is 0 Å². The Morgan fingerprint density at radius 1 is 1.18 bits per heavy atom. The van der Waals surface area contributed by atoms with E-state index in [0.717, 1.165) is 28.8 Å². The SMILES string of the molecule is NC1(c2cc(Cl)c3cc[nH]c3c2)CCCCC1. The minimum atomic E-state index is -0.179. The van der Waals surface area contributed by atoms with Gasteiger partial charge >= 0.3 is 0 Å². The highest BCUT2D eigenvalue weighted by Crippen LogP contribution is 2.37. The number of aromatic amines is 1. The summed E-state index contributed by atoms with van der Waals surface area (Å²) in [4.78, 5) is 3.22. The Kier molecular flexibility index (Phi) is 2.64. The van der Waals surface area contributed by atoms with E-state index in [1.54, 1.807) is 0 Å². The lowest BCUT2D eigenvalue weighted by molar-refractivity contribution is 0.302. The summed E-state index contributed by atoms with van der Waals surface area (Å²) >= 11 is 6.31.